The van der Waals surface area contributed by atoms with Gasteiger partial charge in [-0.1, -0.05) is 17.5 Å². The number of carbonyl (C=O) groups is 1. The van der Waals surface area contributed by atoms with Crippen molar-refractivity contribution in [2.24, 2.45) is 0 Å². The molecule has 0 aliphatic rings. The third kappa shape index (κ3) is 5.51. The second-order valence-corrected chi connectivity index (χ2v) is 5.79. The van der Waals surface area contributed by atoms with Crippen molar-refractivity contribution in [2.75, 3.05) is 18.5 Å². The minimum absolute atomic E-state index is 0.0124. The van der Waals surface area contributed by atoms with Crippen LogP contribution in [-0.2, 0) is 4.79 Å². The maximum absolute atomic E-state index is 13.0. The van der Waals surface area contributed by atoms with E-state index >= 15 is 0 Å². The van der Waals surface area contributed by atoms with Crippen LogP contribution in [0.4, 0.5) is 10.1 Å². The molecule has 28 heavy (non-hydrogen) atoms. The van der Waals surface area contributed by atoms with Crippen LogP contribution >= 0.6 is 11.6 Å². The van der Waals surface area contributed by atoms with Crippen LogP contribution in [0.25, 0.3) is 6.08 Å². The van der Waals surface area contributed by atoms with Crippen LogP contribution in [0.2, 0.25) is 5.02 Å². The fourth-order valence-electron chi connectivity index (χ4n) is 2.24. The van der Waals surface area contributed by atoms with E-state index in [0.29, 0.717) is 23.6 Å². The molecule has 0 heterocycles. The van der Waals surface area contributed by atoms with E-state index in [-0.39, 0.29) is 23.0 Å². The van der Waals surface area contributed by atoms with Gasteiger partial charge in [0.1, 0.15) is 24.1 Å². The summed E-state index contributed by atoms with van der Waals surface area (Å²) >= 11 is 6.24. The number of rotatable bonds is 7. The van der Waals surface area contributed by atoms with Gasteiger partial charge in [-0.3, -0.25) is 4.79 Å². The number of nitrogens with zero attached hydrogens (tertiary/aromatic N) is 1. The smallest absolute Gasteiger partial charge is 0.266 e. The van der Waals surface area contributed by atoms with Gasteiger partial charge in [0.05, 0.1) is 11.6 Å². The maximum Gasteiger partial charge on any atom is 0.266 e. The van der Waals surface area contributed by atoms with E-state index in [1.165, 1.54) is 36.4 Å². The van der Waals surface area contributed by atoms with Crippen LogP contribution in [-0.4, -0.2) is 19.1 Å². The van der Waals surface area contributed by atoms with Gasteiger partial charge in [0.25, 0.3) is 5.91 Å². The number of ether oxygens (including phenoxy) is 2. The lowest BCUT2D eigenvalue weighted by atomic mass is 10.1. The average Bonchev–Trinajstić information content (AvgIpc) is 2.67. The SMILES string of the molecule is C#CCOc1c(Cl)cc(/C=C(\C#N)C(=O)Nc2ccc(F)cc2)cc1OCC. The van der Waals surface area contributed by atoms with E-state index in [0.717, 1.165) is 0 Å². The molecule has 5 nitrogen and oxygen atoms in total. The number of nitriles is 1. The van der Waals surface area contributed by atoms with Gasteiger partial charge in [-0.05, 0) is 55.0 Å². The highest BCUT2D eigenvalue weighted by Crippen LogP contribution is 2.37. The molecule has 0 spiro atoms. The summed E-state index contributed by atoms with van der Waals surface area (Å²) in [5.74, 6) is 1.89. The molecular formula is C21H16ClFN2O3. The Labute approximate surface area is 167 Å². The minimum Gasteiger partial charge on any atom is -0.490 e. The topological polar surface area (TPSA) is 71.3 Å². The third-order valence-corrected chi connectivity index (χ3v) is 3.69. The Morgan fingerprint density at radius 3 is 2.64 bits per heavy atom. The lowest BCUT2D eigenvalue weighted by Gasteiger charge is -2.13. The first kappa shape index (κ1) is 20.8. The average molecular weight is 399 g/mol. The van der Waals surface area contributed by atoms with Crippen LogP contribution < -0.4 is 14.8 Å². The molecule has 1 amide bonds. The first-order valence-electron chi connectivity index (χ1n) is 8.19. The molecule has 0 fully saturated rings. The summed E-state index contributed by atoms with van der Waals surface area (Å²) in [6.07, 6.45) is 6.56. The number of anilines is 1. The molecular weight excluding hydrogens is 383 g/mol. The van der Waals surface area contributed by atoms with Crippen molar-refractivity contribution >= 4 is 29.3 Å². The summed E-state index contributed by atoms with van der Waals surface area (Å²) in [6, 6.07) is 10.1. The van der Waals surface area contributed by atoms with Gasteiger partial charge in [-0.15, -0.1) is 6.42 Å². The summed E-state index contributed by atoms with van der Waals surface area (Å²) in [6.45, 7) is 2.16. The Hall–Kier alpha value is -3.48. The molecule has 0 radical (unpaired) electrons. The van der Waals surface area contributed by atoms with E-state index in [2.05, 4.69) is 11.2 Å². The fourth-order valence-corrected chi connectivity index (χ4v) is 2.51. The first-order chi connectivity index (χ1) is 13.5. The lowest BCUT2D eigenvalue weighted by Crippen LogP contribution is -2.13. The number of halogens is 2. The summed E-state index contributed by atoms with van der Waals surface area (Å²) in [5.41, 5.74) is 0.658. The predicted molar refractivity (Wildman–Crippen MR) is 106 cm³/mol. The van der Waals surface area contributed by atoms with Crippen molar-refractivity contribution in [3.05, 3.63) is 58.4 Å². The number of nitrogens with one attached hydrogen (secondary N) is 1. The molecule has 7 heteroatoms. The van der Waals surface area contributed by atoms with E-state index in [4.69, 9.17) is 27.5 Å². The summed E-state index contributed by atoms with van der Waals surface area (Å²) in [5, 5.41) is 12.1. The Morgan fingerprint density at radius 2 is 2.04 bits per heavy atom. The van der Waals surface area contributed by atoms with Crippen LogP contribution in [0.3, 0.4) is 0 Å². The number of benzene rings is 2. The van der Waals surface area contributed by atoms with E-state index in [1.54, 1.807) is 13.0 Å². The molecule has 0 aromatic heterocycles. The van der Waals surface area contributed by atoms with E-state index in [9.17, 15) is 14.4 Å². The number of amides is 1. The number of hydrogen-bond donors (Lipinski definition) is 1. The Bertz CT molecular complexity index is 973. The molecule has 142 valence electrons. The summed E-state index contributed by atoms with van der Waals surface area (Å²) in [4.78, 5) is 12.3. The van der Waals surface area contributed by atoms with Gasteiger partial charge in [0.15, 0.2) is 11.5 Å². The van der Waals surface area contributed by atoms with Crippen molar-refractivity contribution in [1.82, 2.24) is 0 Å². The number of carbonyl (C=O) groups excluding carboxylic acids is 1. The standard InChI is InChI=1S/C21H16ClFN2O3/c1-3-9-28-20-18(22)11-14(12-19(20)27-4-2)10-15(13-24)21(26)25-17-7-5-16(23)6-8-17/h1,5-8,10-12H,4,9H2,2H3,(H,25,26)/b15-10+. The molecule has 0 saturated heterocycles. The maximum atomic E-state index is 13.0. The number of hydrogen-bond acceptors (Lipinski definition) is 4. The van der Waals surface area contributed by atoms with Crippen LogP contribution in [0, 0.1) is 29.5 Å². The summed E-state index contributed by atoms with van der Waals surface area (Å²) in [7, 11) is 0. The first-order valence-corrected chi connectivity index (χ1v) is 8.57. The van der Waals surface area contributed by atoms with Crippen LogP contribution in [0.15, 0.2) is 42.0 Å². The molecule has 0 bridgehead atoms. The molecule has 0 atom stereocenters. The molecule has 0 saturated carbocycles. The molecule has 0 aliphatic carbocycles. The third-order valence-electron chi connectivity index (χ3n) is 3.41. The Morgan fingerprint density at radius 1 is 1.32 bits per heavy atom. The zero-order valence-electron chi connectivity index (χ0n) is 15.0. The zero-order chi connectivity index (χ0) is 20.5. The van der Waals surface area contributed by atoms with Crippen molar-refractivity contribution in [2.45, 2.75) is 6.92 Å². The monoisotopic (exact) mass is 398 g/mol. The second kappa shape index (κ2) is 10.0. The van der Waals surface area contributed by atoms with E-state index < -0.39 is 11.7 Å². The van der Waals surface area contributed by atoms with Gasteiger partial charge < -0.3 is 14.8 Å². The number of terminal acetylenes is 1. The van der Waals surface area contributed by atoms with Crippen molar-refractivity contribution in [1.29, 1.82) is 5.26 Å². The fraction of sp³-hybridized carbons (Fsp3) is 0.143. The highest BCUT2D eigenvalue weighted by atomic mass is 35.5. The van der Waals surface area contributed by atoms with Gasteiger partial charge >= 0.3 is 0 Å². The van der Waals surface area contributed by atoms with Crippen molar-refractivity contribution in [3.63, 3.8) is 0 Å². The van der Waals surface area contributed by atoms with Crippen LogP contribution in [0.5, 0.6) is 11.5 Å². The molecule has 1 N–H and O–H groups in total. The molecule has 2 aromatic carbocycles. The Kier molecular flexibility index (Phi) is 7.45. The quantitative estimate of drug-likeness (QED) is 0.425. The highest BCUT2D eigenvalue weighted by Gasteiger charge is 2.14. The second-order valence-electron chi connectivity index (χ2n) is 5.39. The normalized spacial score (nSPS) is 10.5. The van der Waals surface area contributed by atoms with Crippen LogP contribution in [0.1, 0.15) is 12.5 Å². The minimum atomic E-state index is -0.643. The zero-order valence-corrected chi connectivity index (χ0v) is 15.7. The molecule has 0 aliphatic heterocycles. The Balaban J connectivity index is 2.32. The molecule has 2 aromatic rings. The lowest BCUT2D eigenvalue weighted by molar-refractivity contribution is -0.112. The van der Waals surface area contributed by atoms with Crippen molar-refractivity contribution < 1.29 is 18.7 Å². The summed E-state index contributed by atoms with van der Waals surface area (Å²) < 4.78 is 23.9. The van der Waals surface area contributed by atoms with E-state index in [1.807, 2.05) is 6.07 Å². The van der Waals surface area contributed by atoms with Gasteiger partial charge in [0, 0.05) is 5.69 Å². The molecule has 2 rings (SSSR count). The molecule has 0 unspecified atom stereocenters. The van der Waals surface area contributed by atoms with Gasteiger partial charge in [-0.25, -0.2) is 4.39 Å². The van der Waals surface area contributed by atoms with Crippen molar-refractivity contribution in [3.8, 4) is 29.9 Å². The van der Waals surface area contributed by atoms with Gasteiger partial charge in [0.2, 0.25) is 0 Å². The highest BCUT2D eigenvalue weighted by molar-refractivity contribution is 6.32. The van der Waals surface area contributed by atoms with Gasteiger partial charge in [-0.2, -0.15) is 5.26 Å². The predicted octanol–water partition coefficient (Wildman–Crippen LogP) is 4.44. The largest absolute Gasteiger partial charge is 0.490 e.